The molecule has 0 saturated carbocycles. The maximum absolute atomic E-state index is 14.1. The van der Waals surface area contributed by atoms with Crippen LogP contribution in [0.15, 0.2) is 70.5 Å². The summed E-state index contributed by atoms with van der Waals surface area (Å²) < 4.78 is 59.6. The molecule has 0 saturated heterocycles. The highest BCUT2D eigenvalue weighted by Gasteiger charge is 2.29. The van der Waals surface area contributed by atoms with E-state index in [4.69, 9.17) is 22.1 Å². The minimum Gasteiger partial charge on any atom is -0.456 e. The van der Waals surface area contributed by atoms with Crippen LogP contribution in [0.2, 0.25) is 5.02 Å². The summed E-state index contributed by atoms with van der Waals surface area (Å²) in [6, 6.07) is 13.3. The fourth-order valence-corrected chi connectivity index (χ4v) is 4.21. The van der Waals surface area contributed by atoms with E-state index in [9.17, 15) is 17.2 Å². The molecule has 27 heavy (non-hydrogen) atoms. The number of halogens is 3. The number of hydrogen-bond donors (Lipinski definition) is 1. The Morgan fingerprint density at radius 3 is 2.19 bits per heavy atom. The third-order valence-corrected chi connectivity index (χ3v) is 5.83. The molecule has 0 aliphatic carbocycles. The zero-order valence-electron chi connectivity index (χ0n) is 13.8. The van der Waals surface area contributed by atoms with Crippen molar-refractivity contribution >= 4 is 21.4 Å². The van der Waals surface area contributed by atoms with E-state index in [1.807, 2.05) is 0 Å². The first-order valence-electron chi connectivity index (χ1n) is 7.78. The maximum Gasteiger partial charge on any atom is 0.216 e. The lowest BCUT2D eigenvalue weighted by Gasteiger charge is -2.13. The number of sulfone groups is 1. The van der Waals surface area contributed by atoms with Crippen molar-refractivity contribution in [1.29, 1.82) is 0 Å². The van der Waals surface area contributed by atoms with Crippen LogP contribution in [0.3, 0.4) is 0 Å². The molecule has 0 aromatic heterocycles. The molecular formula is C19H14ClF2NO3S. The van der Waals surface area contributed by atoms with Gasteiger partial charge in [0, 0.05) is 11.6 Å². The van der Waals surface area contributed by atoms with Crippen molar-refractivity contribution in [3.63, 3.8) is 0 Å². The predicted molar refractivity (Wildman–Crippen MR) is 97.7 cm³/mol. The highest BCUT2D eigenvalue weighted by atomic mass is 35.5. The molecule has 0 aliphatic heterocycles. The van der Waals surface area contributed by atoms with E-state index in [2.05, 4.69) is 0 Å². The quantitative estimate of drug-likeness (QED) is 0.663. The third kappa shape index (κ3) is 3.95. The summed E-state index contributed by atoms with van der Waals surface area (Å²) in [5.74, 6) is -2.18. The number of benzene rings is 3. The van der Waals surface area contributed by atoms with Gasteiger partial charge in [0.25, 0.3) is 0 Å². The van der Waals surface area contributed by atoms with Gasteiger partial charge < -0.3 is 10.5 Å². The molecule has 140 valence electrons. The highest BCUT2D eigenvalue weighted by molar-refractivity contribution is 7.91. The zero-order chi connectivity index (χ0) is 19.6. The van der Waals surface area contributed by atoms with Gasteiger partial charge in [-0.15, -0.1) is 0 Å². The standard InChI is InChI=1S/C19H14ClF2NO3S/c20-13-6-9-17(26-14-7-4-12(11-23)5-8-14)18(10-13)27(24,25)19-15(21)2-1-3-16(19)22/h1-10H,11,23H2. The predicted octanol–water partition coefficient (Wildman–Crippen LogP) is 4.70. The Balaban J connectivity index is 2.11. The molecule has 3 aromatic carbocycles. The molecule has 3 aromatic rings. The second-order valence-corrected chi connectivity index (χ2v) is 7.89. The number of hydrogen-bond acceptors (Lipinski definition) is 4. The van der Waals surface area contributed by atoms with Crippen molar-refractivity contribution in [2.24, 2.45) is 5.73 Å². The first-order chi connectivity index (χ1) is 12.8. The smallest absolute Gasteiger partial charge is 0.216 e. The molecule has 0 amide bonds. The van der Waals surface area contributed by atoms with Crippen LogP contribution in [0.25, 0.3) is 0 Å². The van der Waals surface area contributed by atoms with Crippen molar-refractivity contribution < 1.29 is 21.9 Å². The summed E-state index contributed by atoms with van der Waals surface area (Å²) in [7, 11) is -4.57. The zero-order valence-corrected chi connectivity index (χ0v) is 15.4. The molecule has 0 unspecified atom stereocenters. The molecule has 0 spiro atoms. The van der Waals surface area contributed by atoms with Crippen molar-refractivity contribution in [3.8, 4) is 11.5 Å². The topological polar surface area (TPSA) is 69.4 Å². The SMILES string of the molecule is NCc1ccc(Oc2ccc(Cl)cc2S(=O)(=O)c2c(F)cccc2F)cc1. The first-order valence-corrected chi connectivity index (χ1v) is 9.64. The van der Waals surface area contributed by atoms with Gasteiger partial charge in [0.05, 0.1) is 0 Å². The second kappa shape index (κ2) is 7.64. The van der Waals surface area contributed by atoms with Crippen molar-refractivity contribution in [3.05, 3.63) is 82.9 Å². The van der Waals surface area contributed by atoms with Gasteiger partial charge in [0.2, 0.25) is 9.84 Å². The number of rotatable bonds is 5. The van der Waals surface area contributed by atoms with Gasteiger partial charge in [-0.3, -0.25) is 0 Å². The van der Waals surface area contributed by atoms with Gasteiger partial charge in [0.15, 0.2) is 0 Å². The van der Waals surface area contributed by atoms with E-state index in [1.165, 1.54) is 12.1 Å². The van der Waals surface area contributed by atoms with E-state index in [0.717, 1.165) is 29.8 Å². The van der Waals surface area contributed by atoms with Gasteiger partial charge in [-0.25, -0.2) is 17.2 Å². The average Bonchev–Trinajstić information content (AvgIpc) is 2.63. The highest BCUT2D eigenvalue weighted by Crippen LogP contribution is 2.36. The Morgan fingerprint density at radius 2 is 1.59 bits per heavy atom. The Morgan fingerprint density at radius 1 is 0.963 bits per heavy atom. The summed E-state index contributed by atoms with van der Waals surface area (Å²) in [5, 5.41) is 0.0798. The van der Waals surface area contributed by atoms with Crippen LogP contribution in [0.1, 0.15) is 5.56 Å². The van der Waals surface area contributed by atoms with Gasteiger partial charge >= 0.3 is 0 Å². The van der Waals surface area contributed by atoms with Gasteiger partial charge in [-0.1, -0.05) is 29.8 Å². The fraction of sp³-hybridized carbons (Fsp3) is 0.0526. The minimum absolute atomic E-state index is 0.0798. The van der Waals surface area contributed by atoms with Gasteiger partial charge in [-0.05, 0) is 48.0 Å². The van der Waals surface area contributed by atoms with Gasteiger partial charge in [-0.2, -0.15) is 0 Å². The molecule has 0 fully saturated rings. The molecule has 8 heteroatoms. The van der Waals surface area contributed by atoms with E-state index in [1.54, 1.807) is 24.3 Å². The summed E-state index contributed by atoms with van der Waals surface area (Å²) in [6.45, 7) is 0.341. The first kappa shape index (κ1) is 19.3. The monoisotopic (exact) mass is 409 g/mol. The molecule has 0 bridgehead atoms. The molecule has 0 heterocycles. The van der Waals surface area contributed by atoms with E-state index in [0.29, 0.717) is 12.3 Å². The Hall–Kier alpha value is -2.48. The summed E-state index contributed by atoms with van der Waals surface area (Å²) in [4.78, 5) is -1.50. The Kier molecular flexibility index (Phi) is 5.46. The Labute approximate surface area is 160 Å². The van der Waals surface area contributed by atoms with Crippen LogP contribution >= 0.6 is 11.6 Å². The molecule has 2 N–H and O–H groups in total. The van der Waals surface area contributed by atoms with E-state index >= 15 is 0 Å². The lowest BCUT2D eigenvalue weighted by atomic mass is 10.2. The molecule has 0 aliphatic rings. The van der Waals surface area contributed by atoms with Crippen LogP contribution in [-0.4, -0.2) is 8.42 Å². The summed E-state index contributed by atoms with van der Waals surface area (Å²) >= 11 is 5.91. The number of ether oxygens (including phenoxy) is 1. The van der Waals surface area contributed by atoms with E-state index in [-0.39, 0.29) is 10.8 Å². The fourth-order valence-electron chi connectivity index (χ4n) is 2.45. The molecule has 0 atom stereocenters. The summed E-state index contributed by atoms with van der Waals surface area (Å²) in [6.07, 6.45) is 0. The summed E-state index contributed by atoms with van der Waals surface area (Å²) in [5.41, 5.74) is 6.40. The van der Waals surface area contributed by atoms with Crippen LogP contribution < -0.4 is 10.5 Å². The maximum atomic E-state index is 14.1. The van der Waals surface area contributed by atoms with Crippen LogP contribution in [0.5, 0.6) is 11.5 Å². The lowest BCUT2D eigenvalue weighted by Crippen LogP contribution is -2.09. The van der Waals surface area contributed by atoms with Crippen LogP contribution in [0.4, 0.5) is 8.78 Å². The lowest BCUT2D eigenvalue weighted by molar-refractivity contribution is 0.465. The van der Waals surface area contributed by atoms with Crippen molar-refractivity contribution in [1.82, 2.24) is 0 Å². The average molecular weight is 410 g/mol. The molecule has 0 radical (unpaired) electrons. The van der Waals surface area contributed by atoms with Gasteiger partial charge in [0.1, 0.15) is 32.9 Å². The number of nitrogens with two attached hydrogens (primary N) is 1. The Bertz CT molecular complexity index is 1070. The second-order valence-electron chi connectivity index (χ2n) is 5.60. The van der Waals surface area contributed by atoms with E-state index < -0.39 is 31.3 Å². The van der Waals surface area contributed by atoms with Crippen molar-refractivity contribution in [2.75, 3.05) is 0 Å². The molecular weight excluding hydrogens is 396 g/mol. The molecule has 3 rings (SSSR count). The normalized spacial score (nSPS) is 11.4. The van der Waals surface area contributed by atoms with Crippen LogP contribution in [0, 0.1) is 11.6 Å². The third-order valence-electron chi connectivity index (χ3n) is 3.77. The van der Waals surface area contributed by atoms with Crippen molar-refractivity contribution in [2.45, 2.75) is 16.3 Å². The largest absolute Gasteiger partial charge is 0.456 e. The minimum atomic E-state index is -4.57. The van der Waals surface area contributed by atoms with Crippen LogP contribution in [-0.2, 0) is 16.4 Å². The molecule has 4 nitrogen and oxygen atoms in total.